The molecule has 0 radical (unpaired) electrons. The molecule has 1 heterocycles. The van der Waals surface area contributed by atoms with Gasteiger partial charge >= 0.3 is 12.3 Å². The number of hydrogen-bond donors (Lipinski definition) is 1. The molecular weight excluding hydrogens is 294 g/mol. The third kappa shape index (κ3) is 3.69. The van der Waals surface area contributed by atoms with Gasteiger partial charge in [-0.25, -0.2) is 8.78 Å². The molecule has 0 saturated heterocycles. The molecule has 0 saturated carbocycles. The Labute approximate surface area is 116 Å². The standard InChI is InChI=1S/C12H11F4N3O2/c13-11(14)12(15,16)6-20-5-9-18-10(21-19-9)7-3-1-2-4-8(7)17/h1-4,11H,5-6,17H2. The number of ether oxygens (including phenoxy) is 1. The zero-order chi connectivity index (χ0) is 15.5. The summed E-state index contributed by atoms with van der Waals surface area (Å²) in [5.41, 5.74) is 6.59. The summed E-state index contributed by atoms with van der Waals surface area (Å²) in [7, 11) is 0. The smallest absolute Gasteiger partial charge is 0.330 e. The molecule has 0 aliphatic carbocycles. The van der Waals surface area contributed by atoms with Gasteiger partial charge in [-0.3, -0.25) is 0 Å². The van der Waals surface area contributed by atoms with Crippen molar-refractivity contribution in [2.24, 2.45) is 0 Å². The lowest BCUT2D eigenvalue weighted by Gasteiger charge is -2.14. The predicted molar refractivity (Wildman–Crippen MR) is 64.8 cm³/mol. The van der Waals surface area contributed by atoms with E-state index in [0.29, 0.717) is 11.3 Å². The number of benzene rings is 1. The van der Waals surface area contributed by atoms with Crippen LogP contribution in [0.15, 0.2) is 28.8 Å². The summed E-state index contributed by atoms with van der Waals surface area (Å²) < 4.78 is 58.4. The molecule has 0 spiro atoms. The van der Waals surface area contributed by atoms with E-state index in [2.05, 4.69) is 14.9 Å². The third-order valence-electron chi connectivity index (χ3n) is 2.50. The first-order valence-electron chi connectivity index (χ1n) is 5.81. The van der Waals surface area contributed by atoms with Gasteiger partial charge in [0.1, 0.15) is 13.2 Å². The van der Waals surface area contributed by atoms with Gasteiger partial charge in [0, 0.05) is 5.69 Å². The molecule has 1 aromatic heterocycles. The van der Waals surface area contributed by atoms with Crippen LogP contribution >= 0.6 is 0 Å². The third-order valence-corrected chi connectivity index (χ3v) is 2.50. The molecule has 0 aliphatic rings. The van der Waals surface area contributed by atoms with E-state index in [1.165, 1.54) is 0 Å². The van der Waals surface area contributed by atoms with Crippen LogP contribution in [0.25, 0.3) is 11.5 Å². The zero-order valence-electron chi connectivity index (χ0n) is 10.6. The Hall–Kier alpha value is -2.16. The van der Waals surface area contributed by atoms with Crippen molar-refractivity contribution in [2.45, 2.75) is 19.0 Å². The number of nitrogens with two attached hydrogens (primary N) is 1. The number of aromatic nitrogens is 2. The van der Waals surface area contributed by atoms with Crippen LogP contribution in [0.3, 0.4) is 0 Å². The first-order chi connectivity index (χ1) is 9.90. The number of nitrogens with zero attached hydrogens (tertiary/aromatic N) is 2. The van der Waals surface area contributed by atoms with E-state index in [-0.39, 0.29) is 11.7 Å². The molecule has 21 heavy (non-hydrogen) atoms. The van der Waals surface area contributed by atoms with Gasteiger partial charge in [0.2, 0.25) is 0 Å². The van der Waals surface area contributed by atoms with Gasteiger partial charge in [-0.15, -0.1) is 0 Å². The van der Waals surface area contributed by atoms with E-state index in [1.54, 1.807) is 24.3 Å². The lowest BCUT2D eigenvalue weighted by atomic mass is 10.2. The van der Waals surface area contributed by atoms with Crippen molar-refractivity contribution in [3.05, 3.63) is 30.1 Å². The lowest BCUT2D eigenvalue weighted by Crippen LogP contribution is -2.32. The molecule has 9 heteroatoms. The summed E-state index contributed by atoms with van der Waals surface area (Å²) in [5.74, 6) is -4.16. The lowest BCUT2D eigenvalue weighted by molar-refractivity contribution is -0.168. The number of anilines is 1. The highest BCUT2D eigenvalue weighted by Crippen LogP contribution is 2.25. The summed E-state index contributed by atoms with van der Waals surface area (Å²) in [4.78, 5) is 3.89. The van der Waals surface area contributed by atoms with Gasteiger partial charge in [-0.1, -0.05) is 17.3 Å². The van der Waals surface area contributed by atoms with E-state index in [9.17, 15) is 17.6 Å². The average molecular weight is 305 g/mol. The maximum atomic E-state index is 12.6. The Bertz CT molecular complexity index is 604. The fourth-order valence-corrected chi connectivity index (χ4v) is 1.46. The second-order valence-corrected chi connectivity index (χ2v) is 4.16. The first kappa shape index (κ1) is 15.2. The molecule has 5 nitrogen and oxygen atoms in total. The van der Waals surface area contributed by atoms with E-state index in [1.807, 2.05) is 0 Å². The van der Waals surface area contributed by atoms with Crippen LogP contribution in [0.4, 0.5) is 23.2 Å². The monoisotopic (exact) mass is 305 g/mol. The molecule has 0 amide bonds. The molecule has 2 N–H and O–H groups in total. The summed E-state index contributed by atoms with van der Waals surface area (Å²) in [6.45, 7) is -1.90. The second kappa shape index (κ2) is 6.08. The number of nitrogen functional groups attached to an aromatic ring is 1. The molecule has 0 fully saturated rings. The van der Waals surface area contributed by atoms with Gasteiger partial charge in [-0.2, -0.15) is 13.8 Å². The largest absolute Gasteiger partial charge is 0.398 e. The summed E-state index contributed by atoms with van der Waals surface area (Å²) in [5, 5.41) is 3.50. The van der Waals surface area contributed by atoms with Crippen LogP contribution in [0.2, 0.25) is 0 Å². The highest BCUT2D eigenvalue weighted by Gasteiger charge is 2.41. The second-order valence-electron chi connectivity index (χ2n) is 4.16. The van der Waals surface area contributed by atoms with Crippen LogP contribution in [0, 0.1) is 0 Å². The van der Waals surface area contributed by atoms with Gasteiger partial charge in [0.05, 0.1) is 5.56 Å². The number of alkyl halides is 4. The average Bonchev–Trinajstić information content (AvgIpc) is 2.87. The molecule has 0 unspecified atom stereocenters. The van der Waals surface area contributed by atoms with Crippen molar-refractivity contribution in [1.82, 2.24) is 10.1 Å². The van der Waals surface area contributed by atoms with Gasteiger partial charge in [0.15, 0.2) is 5.82 Å². The normalized spacial score (nSPS) is 12.0. The van der Waals surface area contributed by atoms with Crippen LogP contribution < -0.4 is 5.73 Å². The molecule has 2 aromatic rings. The number of para-hydroxylation sites is 1. The quantitative estimate of drug-likeness (QED) is 0.656. The topological polar surface area (TPSA) is 74.2 Å². The minimum Gasteiger partial charge on any atom is -0.398 e. The summed E-state index contributed by atoms with van der Waals surface area (Å²) in [6, 6.07) is 6.68. The number of halogens is 4. The molecule has 0 bridgehead atoms. The summed E-state index contributed by atoms with van der Waals surface area (Å²) in [6.07, 6.45) is -3.79. The van der Waals surface area contributed by atoms with Crippen molar-refractivity contribution < 1.29 is 26.8 Å². The van der Waals surface area contributed by atoms with Gasteiger partial charge in [-0.05, 0) is 12.1 Å². The number of rotatable bonds is 6. The van der Waals surface area contributed by atoms with Crippen molar-refractivity contribution in [3.63, 3.8) is 0 Å². The van der Waals surface area contributed by atoms with Crippen LogP contribution in [-0.2, 0) is 11.3 Å². The molecule has 0 aliphatic heterocycles. The Morgan fingerprint density at radius 2 is 2.00 bits per heavy atom. The zero-order valence-corrected chi connectivity index (χ0v) is 10.6. The van der Waals surface area contributed by atoms with E-state index in [0.717, 1.165) is 0 Å². The van der Waals surface area contributed by atoms with Crippen LogP contribution in [-0.4, -0.2) is 29.1 Å². The van der Waals surface area contributed by atoms with Crippen molar-refractivity contribution in [3.8, 4) is 11.5 Å². The Balaban J connectivity index is 1.97. The van der Waals surface area contributed by atoms with Crippen molar-refractivity contribution in [1.29, 1.82) is 0 Å². The Morgan fingerprint density at radius 1 is 1.29 bits per heavy atom. The molecule has 114 valence electrons. The van der Waals surface area contributed by atoms with Gasteiger partial charge in [0.25, 0.3) is 5.89 Å². The maximum absolute atomic E-state index is 12.6. The number of hydrogen-bond acceptors (Lipinski definition) is 5. The Morgan fingerprint density at radius 3 is 2.67 bits per heavy atom. The van der Waals surface area contributed by atoms with E-state index >= 15 is 0 Å². The van der Waals surface area contributed by atoms with Crippen LogP contribution in [0.1, 0.15) is 5.82 Å². The predicted octanol–water partition coefficient (Wildman–Crippen LogP) is 2.74. The van der Waals surface area contributed by atoms with Crippen LogP contribution in [0.5, 0.6) is 0 Å². The first-order valence-corrected chi connectivity index (χ1v) is 5.81. The van der Waals surface area contributed by atoms with Crippen molar-refractivity contribution in [2.75, 3.05) is 12.3 Å². The van der Waals surface area contributed by atoms with Gasteiger partial charge < -0.3 is 15.0 Å². The molecular formula is C12H11F4N3O2. The van der Waals surface area contributed by atoms with Crippen molar-refractivity contribution >= 4 is 5.69 Å². The minimum atomic E-state index is -4.21. The van der Waals surface area contributed by atoms with E-state index in [4.69, 9.17) is 10.3 Å². The molecule has 1 aromatic carbocycles. The van der Waals surface area contributed by atoms with E-state index < -0.39 is 25.6 Å². The summed E-state index contributed by atoms with van der Waals surface area (Å²) >= 11 is 0. The molecule has 0 atom stereocenters. The highest BCUT2D eigenvalue weighted by molar-refractivity contribution is 5.69. The maximum Gasteiger partial charge on any atom is 0.330 e. The highest BCUT2D eigenvalue weighted by atomic mass is 19.3. The minimum absolute atomic E-state index is 0.0432. The SMILES string of the molecule is Nc1ccccc1-c1nc(COCC(F)(F)C(F)F)no1. The fraction of sp³-hybridized carbons (Fsp3) is 0.333. The molecule has 2 rings (SSSR count). The fourth-order valence-electron chi connectivity index (χ4n) is 1.46. The Kier molecular flexibility index (Phi) is 4.41.